The highest BCUT2D eigenvalue weighted by Gasteiger charge is 2.62. The molecule has 1 N–H and O–H groups in total. The van der Waals surface area contributed by atoms with Crippen molar-refractivity contribution in [3.05, 3.63) is 53.1 Å². The quantitative estimate of drug-likeness (QED) is 0.623. The molecule has 1 aliphatic heterocycles. The first-order valence-corrected chi connectivity index (χ1v) is 10.2. The number of hydrogen-bond donors (Lipinski definition) is 1. The Morgan fingerprint density at radius 2 is 1.97 bits per heavy atom. The van der Waals surface area contributed by atoms with Crippen LogP contribution in [0.1, 0.15) is 45.6 Å². The second-order valence-corrected chi connectivity index (χ2v) is 9.28. The zero-order valence-electron chi connectivity index (χ0n) is 17.2. The maximum absolute atomic E-state index is 12.6. The Morgan fingerprint density at radius 3 is 2.69 bits per heavy atom. The number of hydrogen-bond acceptors (Lipinski definition) is 5. The highest BCUT2D eigenvalue weighted by atomic mass is 16.5. The molecular formula is C24H28O5. The lowest BCUT2D eigenvalue weighted by atomic mass is 9.48. The van der Waals surface area contributed by atoms with Crippen LogP contribution in [0.4, 0.5) is 0 Å². The molecule has 29 heavy (non-hydrogen) atoms. The van der Waals surface area contributed by atoms with Gasteiger partial charge in [-0.2, -0.15) is 0 Å². The van der Waals surface area contributed by atoms with Crippen molar-refractivity contribution < 1.29 is 24.2 Å². The number of cyclic esters (lactones) is 1. The molecule has 0 spiro atoms. The topological polar surface area (TPSA) is 72.8 Å². The third-order valence-electron chi connectivity index (χ3n) is 7.01. The molecule has 1 aromatic carbocycles. The van der Waals surface area contributed by atoms with Crippen LogP contribution in [0, 0.1) is 16.7 Å². The molecule has 0 amide bonds. The van der Waals surface area contributed by atoms with Crippen LogP contribution >= 0.6 is 0 Å². The lowest BCUT2D eigenvalue weighted by molar-refractivity contribution is -0.170. The van der Waals surface area contributed by atoms with Crippen molar-refractivity contribution in [1.82, 2.24) is 0 Å². The number of carbonyl (C=O) groups is 2. The Hall–Kier alpha value is -2.40. The predicted octanol–water partition coefficient (Wildman–Crippen LogP) is 3.67. The van der Waals surface area contributed by atoms with Crippen LogP contribution in [0.5, 0.6) is 0 Å². The Labute approximate surface area is 171 Å². The van der Waals surface area contributed by atoms with Crippen molar-refractivity contribution in [2.75, 3.05) is 6.61 Å². The number of rotatable bonds is 3. The van der Waals surface area contributed by atoms with E-state index in [4.69, 9.17) is 9.47 Å². The maximum Gasteiger partial charge on any atom is 0.335 e. The van der Waals surface area contributed by atoms with Gasteiger partial charge in [0.2, 0.25) is 0 Å². The summed E-state index contributed by atoms with van der Waals surface area (Å²) < 4.78 is 11.2. The van der Waals surface area contributed by atoms with E-state index in [1.54, 1.807) is 6.08 Å². The normalized spacial score (nSPS) is 33.2. The van der Waals surface area contributed by atoms with Crippen LogP contribution in [-0.4, -0.2) is 35.9 Å². The molecular weight excluding hydrogens is 368 g/mol. The van der Waals surface area contributed by atoms with Gasteiger partial charge in [-0.05, 0) is 35.5 Å². The molecule has 0 radical (unpaired) electrons. The maximum atomic E-state index is 12.6. The lowest BCUT2D eigenvalue weighted by Gasteiger charge is -2.57. The van der Waals surface area contributed by atoms with Gasteiger partial charge in [-0.1, -0.05) is 51.1 Å². The number of ether oxygens (including phenoxy) is 2. The van der Waals surface area contributed by atoms with Gasteiger partial charge in [-0.15, -0.1) is 0 Å². The average Bonchev–Trinajstić information content (AvgIpc) is 3.05. The minimum Gasteiger partial charge on any atom is -0.459 e. The van der Waals surface area contributed by atoms with E-state index in [9.17, 15) is 14.7 Å². The number of benzene rings is 1. The molecule has 1 fully saturated rings. The van der Waals surface area contributed by atoms with Gasteiger partial charge < -0.3 is 14.6 Å². The van der Waals surface area contributed by atoms with Crippen LogP contribution < -0.4 is 0 Å². The van der Waals surface area contributed by atoms with E-state index in [0.717, 1.165) is 17.6 Å². The number of fused-ring (bicyclic) bond motifs is 2. The first-order valence-electron chi connectivity index (χ1n) is 10.2. The molecule has 0 saturated heterocycles. The minimum atomic E-state index is -0.781. The summed E-state index contributed by atoms with van der Waals surface area (Å²) in [7, 11) is 0. The molecule has 1 saturated carbocycles. The molecule has 2 aliphatic carbocycles. The van der Waals surface area contributed by atoms with E-state index in [2.05, 4.69) is 13.8 Å². The summed E-state index contributed by atoms with van der Waals surface area (Å²) in [5.74, 6) is -0.915. The number of carbonyl (C=O) groups excluding carboxylic acids is 2. The van der Waals surface area contributed by atoms with E-state index >= 15 is 0 Å². The van der Waals surface area contributed by atoms with Gasteiger partial charge in [-0.25, -0.2) is 9.59 Å². The fourth-order valence-corrected chi connectivity index (χ4v) is 5.78. The summed E-state index contributed by atoms with van der Waals surface area (Å²) in [6.07, 6.45) is 3.99. The Bertz CT molecular complexity index is 882. The Kier molecular flexibility index (Phi) is 4.89. The van der Waals surface area contributed by atoms with E-state index in [-0.39, 0.29) is 23.9 Å². The summed E-state index contributed by atoms with van der Waals surface area (Å²) in [6, 6.07) is 9.58. The van der Waals surface area contributed by atoms with Crippen molar-refractivity contribution in [2.45, 2.75) is 52.2 Å². The Morgan fingerprint density at radius 1 is 1.24 bits per heavy atom. The molecule has 4 rings (SSSR count). The van der Waals surface area contributed by atoms with Crippen LogP contribution in [0.25, 0.3) is 6.08 Å². The molecule has 3 aliphatic rings. The molecule has 5 nitrogen and oxygen atoms in total. The standard InChI is InChI=1S/C24H28O5/c1-23(2)12-11-18(25)24(3)20-16(14-28-22(20)27)13-17(21(23)24)29-19(26)10-9-15-7-5-4-6-8-15/h4-10,17-18,21,25H,11-14H2,1-3H3/b10-9+/t17-,18+,21-,24+/m0/s1. The van der Waals surface area contributed by atoms with Crippen molar-refractivity contribution in [1.29, 1.82) is 0 Å². The third-order valence-corrected chi connectivity index (χ3v) is 7.01. The third kappa shape index (κ3) is 3.31. The summed E-state index contributed by atoms with van der Waals surface area (Å²) in [6.45, 7) is 6.42. The van der Waals surface area contributed by atoms with Gasteiger partial charge in [0, 0.05) is 29.4 Å². The van der Waals surface area contributed by atoms with Crippen LogP contribution in [0.3, 0.4) is 0 Å². The highest BCUT2D eigenvalue weighted by molar-refractivity contribution is 5.94. The molecule has 0 aromatic heterocycles. The second kappa shape index (κ2) is 7.13. The first kappa shape index (κ1) is 19.9. The summed E-state index contributed by atoms with van der Waals surface area (Å²) in [5, 5.41) is 11.0. The summed E-state index contributed by atoms with van der Waals surface area (Å²) in [5.41, 5.74) is 1.41. The van der Waals surface area contributed by atoms with E-state index in [0.29, 0.717) is 18.4 Å². The predicted molar refractivity (Wildman–Crippen MR) is 109 cm³/mol. The van der Waals surface area contributed by atoms with E-state index < -0.39 is 23.6 Å². The fourth-order valence-electron chi connectivity index (χ4n) is 5.78. The smallest absolute Gasteiger partial charge is 0.335 e. The monoisotopic (exact) mass is 396 g/mol. The minimum absolute atomic E-state index is 0.169. The van der Waals surface area contributed by atoms with Crippen molar-refractivity contribution in [2.24, 2.45) is 16.7 Å². The van der Waals surface area contributed by atoms with Crippen molar-refractivity contribution in [3.8, 4) is 0 Å². The van der Waals surface area contributed by atoms with Gasteiger partial charge in [-0.3, -0.25) is 0 Å². The second-order valence-electron chi connectivity index (χ2n) is 9.28. The molecule has 5 heteroatoms. The number of esters is 2. The number of aliphatic hydroxyl groups excluding tert-OH is 1. The summed E-state index contributed by atoms with van der Waals surface area (Å²) in [4.78, 5) is 25.1. The summed E-state index contributed by atoms with van der Waals surface area (Å²) >= 11 is 0. The molecule has 1 aromatic rings. The van der Waals surface area contributed by atoms with Crippen LogP contribution in [-0.2, 0) is 19.1 Å². The van der Waals surface area contributed by atoms with Crippen LogP contribution in [0.2, 0.25) is 0 Å². The van der Waals surface area contributed by atoms with Gasteiger partial charge in [0.15, 0.2) is 0 Å². The Balaban J connectivity index is 1.65. The number of aliphatic hydroxyl groups is 1. The first-order chi connectivity index (χ1) is 13.7. The van der Waals surface area contributed by atoms with Crippen LogP contribution in [0.15, 0.2) is 47.6 Å². The molecule has 0 bridgehead atoms. The zero-order chi connectivity index (χ0) is 20.8. The van der Waals surface area contributed by atoms with Crippen molar-refractivity contribution >= 4 is 18.0 Å². The molecule has 1 heterocycles. The molecule has 4 atom stereocenters. The molecule has 154 valence electrons. The highest BCUT2D eigenvalue weighted by Crippen LogP contribution is 2.61. The van der Waals surface area contributed by atoms with Gasteiger partial charge in [0.05, 0.1) is 6.10 Å². The van der Waals surface area contributed by atoms with Gasteiger partial charge in [0.1, 0.15) is 12.7 Å². The largest absolute Gasteiger partial charge is 0.459 e. The van der Waals surface area contributed by atoms with Gasteiger partial charge >= 0.3 is 11.9 Å². The fraction of sp³-hybridized carbons (Fsp3) is 0.500. The van der Waals surface area contributed by atoms with E-state index in [1.165, 1.54) is 6.08 Å². The molecule has 0 unspecified atom stereocenters. The zero-order valence-corrected chi connectivity index (χ0v) is 17.2. The van der Waals surface area contributed by atoms with Gasteiger partial charge in [0.25, 0.3) is 0 Å². The van der Waals surface area contributed by atoms with Crippen molar-refractivity contribution in [3.63, 3.8) is 0 Å². The average molecular weight is 396 g/mol. The SMILES string of the molecule is CC1(C)CC[C@@H](O)[C@]2(C)C3=C(COC3=O)C[C@H](OC(=O)/C=C/c3ccccc3)[C@@H]12. The lowest BCUT2D eigenvalue weighted by Crippen LogP contribution is -2.59. The van der Waals surface area contributed by atoms with E-state index in [1.807, 2.05) is 37.3 Å².